The number of hydrogen-bond acceptors (Lipinski definition) is 3. The smallest absolute Gasteiger partial charge is 0.416 e. The van der Waals surface area contributed by atoms with Crippen molar-refractivity contribution in [1.82, 2.24) is 9.47 Å². The molecule has 1 heterocycles. The van der Waals surface area contributed by atoms with E-state index < -0.39 is 17.8 Å². The Bertz CT molecular complexity index is 1310. The van der Waals surface area contributed by atoms with Gasteiger partial charge in [0.1, 0.15) is 11.5 Å². The minimum absolute atomic E-state index is 0.0733. The predicted molar refractivity (Wildman–Crippen MR) is 131 cm³/mol. The van der Waals surface area contributed by atoms with Gasteiger partial charge >= 0.3 is 12.2 Å². The van der Waals surface area contributed by atoms with Gasteiger partial charge in [-0.1, -0.05) is 6.07 Å². The van der Waals surface area contributed by atoms with Gasteiger partial charge in [0, 0.05) is 41.6 Å². The van der Waals surface area contributed by atoms with E-state index in [4.69, 9.17) is 4.74 Å². The molecule has 0 saturated heterocycles. The van der Waals surface area contributed by atoms with Crippen LogP contribution in [0.4, 0.5) is 29.3 Å². The lowest BCUT2D eigenvalue weighted by Gasteiger charge is -2.12. The maximum atomic E-state index is 12.9. The van der Waals surface area contributed by atoms with Gasteiger partial charge in [-0.15, -0.1) is 0 Å². The molecule has 0 unspecified atom stereocenters. The van der Waals surface area contributed by atoms with Crippen molar-refractivity contribution in [3.63, 3.8) is 0 Å². The van der Waals surface area contributed by atoms with Gasteiger partial charge in [-0.3, -0.25) is 0 Å². The summed E-state index contributed by atoms with van der Waals surface area (Å²) >= 11 is 0. The van der Waals surface area contributed by atoms with Crippen LogP contribution in [0.15, 0.2) is 79.0 Å². The van der Waals surface area contributed by atoms with Crippen molar-refractivity contribution in [3.8, 4) is 11.5 Å². The Morgan fingerprint density at radius 3 is 2.34 bits per heavy atom. The third-order valence-corrected chi connectivity index (χ3v) is 5.33. The van der Waals surface area contributed by atoms with Gasteiger partial charge in [-0.05, 0) is 80.8 Å². The average molecular weight is 483 g/mol. The zero-order valence-corrected chi connectivity index (χ0v) is 19.3. The van der Waals surface area contributed by atoms with Crippen molar-refractivity contribution in [3.05, 3.63) is 84.6 Å². The predicted octanol–water partition coefficient (Wildman–Crippen LogP) is 6.66. The normalized spacial score (nSPS) is 11.6. The first kappa shape index (κ1) is 24.2. The first-order valence-electron chi connectivity index (χ1n) is 10.9. The van der Waals surface area contributed by atoms with Crippen LogP contribution in [0.5, 0.6) is 11.5 Å². The van der Waals surface area contributed by atoms with E-state index in [2.05, 4.69) is 20.1 Å². The summed E-state index contributed by atoms with van der Waals surface area (Å²) in [4.78, 5) is 14.6. The summed E-state index contributed by atoms with van der Waals surface area (Å²) in [5.74, 6) is 0.420. The monoisotopic (exact) mass is 482 g/mol. The maximum absolute atomic E-state index is 12.9. The number of carbonyl (C=O) groups is 1. The fourth-order valence-corrected chi connectivity index (χ4v) is 3.55. The highest BCUT2D eigenvalue weighted by molar-refractivity contribution is 6.01. The molecule has 0 fully saturated rings. The Balaban J connectivity index is 1.35. The lowest BCUT2D eigenvalue weighted by Crippen LogP contribution is -2.19. The molecule has 9 heteroatoms. The van der Waals surface area contributed by atoms with Crippen LogP contribution in [0.25, 0.3) is 10.9 Å². The van der Waals surface area contributed by atoms with Crippen molar-refractivity contribution >= 4 is 28.3 Å². The number of hydrogen-bond donors (Lipinski definition) is 2. The molecule has 4 aromatic rings. The van der Waals surface area contributed by atoms with Crippen LogP contribution in [0, 0.1) is 0 Å². The molecule has 0 bridgehead atoms. The summed E-state index contributed by atoms with van der Waals surface area (Å²) in [7, 11) is 4.06. The standard InChI is InChI=1S/C26H25F3N4O2/c1-32(2)14-15-33-13-12-18-16-21(8-11-24(18)33)31-25(34)30-20-6-9-22(10-7-20)35-23-5-3-4-19(17-23)26(27,28)29/h3-13,16-17H,14-15H2,1-2H3,(H2,30,31,34). The first-order chi connectivity index (χ1) is 16.7. The fraction of sp³-hybridized carbons (Fsp3) is 0.192. The number of amides is 2. The largest absolute Gasteiger partial charge is 0.457 e. The number of alkyl halides is 3. The molecule has 2 amide bonds. The number of benzene rings is 3. The van der Waals surface area contributed by atoms with Crippen LogP contribution in [0.1, 0.15) is 5.56 Å². The third-order valence-electron chi connectivity index (χ3n) is 5.33. The molecule has 182 valence electrons. The Morgan fingerprint density at radius 2 is 1.63 bits per heavy atom. The summed E-state index contributed by atoms with van der Waals surface area (Å²) in [6.07, 6.45) is -2.41. The molecule has 3 aromatic carbocycles. The molecule has 0 saturated carbocycles. The van der Waals surface area contributed by atoms with E-state index in [0.717, 1.165) is 36.1 Å². The average Bonchev–Trinajstić information content (AvgIpc) is 3.21. The molecule has 0 aliphatic heterocycles. The SMILES string of the molecule is CN(C)CCn1ccc2cc(NC(=O)Nc3ccc(Oc4cccc(C(F)(F)F)c4)cc3)ccc21. The van der Waals surface area contributed by atoms with Gasteiger partial charge in [0.25, 0.3) is 0 Å². The number of likely N-dealkylation sites (N-methyl/N-ethyl adjacent to an activating group) is 1. The Labute approximate surface area is 200 Å². The number of carbonyl (C=O) groups excluding carboxylic acids is 1. The van der Waals surface area contributed by atoms with Crippen LogP contribution in [0.2, 0.25) is 0 Å². The van der Waals surface area contributed by atoms with Crippen molar-refractivity contribution in [2.24, 2.45) is 0 Å². The van der Waals surface area contributed by atoms with E-state index in [9.17, 15) is 18.0 Å². The van der Waals surface area contributed by atoms with Crippen molar-refractivity contribution < 1.29 is 22.7 Å². The number of nitrogens with zero attached hydrogens (tertiary/aromatic N) is 2. The zero-order chi connectivity index (χ0) is 25.0. The molecule has 1 aromatic heterocycles. The summed E-state index contributed by atoms with van der Waals surface area (Å²) in [5.41, 5.74) is 1.47. The second-order valence-electron chi connectivity index (χ2n) is 8.32. The van der Waals surface area contributed by atoms with E-state index in [1.165, 1.54) is 12.1 Å². The van der Waals surface area contributed by atoms with E-state index in [1.807, 2.05) is 44.6 Å². The molecule has 4 rings (SSSR count). The molecule has 0 aliphatic rings. The molecule has 0 radical (unpaired) electrons. The van der Waals surface area contributed by atoms with Gasteiger partial charge in [0.2, 0.25) is 0 Å². The third kappa shape index (κ3) is 6.33. The maximum Gasteiger partial charge on any atom is 0.416 e. The van der Waals surface area contributed by atoms with Crippen molar-refractivity contribution in [2.75, 3.05) is 31.3 Å². The second kappa shape index (κ2) is 10.1. The highest BCUT2D eigenvalue weighted by atomic mass is 19.4. The van der Waals surface area contributed by atoms with E-state index >= 15 is 0 Å². The van der Waals surface area contributed by atoms with Crippen molar-refractivity contribution in [1.29, 1.82) is 0 Å². The zero-order valence-electron chi connectivity index (χ0n) is 19.3. The molecule has 0 atom stereocenters. The lowest BCUT2D eigenvalue weighted by atomic mass is 10.2. The number of aromatic nitrogens is 1. The van der Waals surface area contributed by atoms with Crippen molar-refractivity contribution in [2.45, 2.75) is 12.7 Å². The number of ether oxygens (including phenoxy) is 1. The highest BCUT2D eigenvalue weighted by Crippen LogP contribution is 2.33. The Kier molecular flexibility index (Phi) is 6.97. The van der Waals surface area contributed by atoms with Crippen LogP contribution in [-0.4, -0.2) is 36.1 Å². The highest BCUT2D eigenvalue weighted by Gasteiger charge is 2.30. The topological polar surface area (TPSA) is 58.5 Å². The summed E-state index contributed by atoms with van der Waals surface area (Å²) in [6, 6.07) is 18.3. The van der Waals surface area contributed by atoms with Gasteiger partial charge in [0.05, 0.1) is 5.56 Å². The molecule has 6 nitrogen and oxygen atoms in total. The second-order valence-corrected chi connectivity index (χ2v) is 8.32. The van der Waals surface area contributed by atoms with Gasteiger partial charge in [0.15, 0.2) is 0 Å². The Morgan fingerprint density at radius 1 is 0.914 bits per heavy atom. The Hall–Kier alpha value is -3.98. The number of rotatable bonds is 7. The minimum Gasteiger partial charge on any atom is -0.457 e. The molecular weight excluding hydrogens is 457 g/mol. The summed E-state index contributed by atoms with van der Waals surface area (Å²) < 4.78 is 46.3. The van der Waals surface area contributed by atoms with E-state index in [1.54, 1.807) is 24.3 Å². The minimum atomic E-state index is -4.44. The van der Waals surface area contributed by atoms with E-state index in [-0.39, 0.29) is 5.75 Å². The molecule has 0 spiro atoms. The summed E-state index contributed by atoms with van der Waals surface area (Å²) in [5, 5.41) is 6.57. The molecule has 35 heavy (non-hydrogen) atoms. The number of anilines is 2. The van der Waals surface area contributed by atoms with Gasteiger partial charge < -0.3 is 24.8 Å². The number of nitrogens with one attached hydrogen (secondary N) is 2. The fourth-order valence-electron chi connectivity index (χ4n) is 3.55. The molecular formula is C26H25F3N4O2. The lowest BCUT2D eigenvalue weighted by molar-refractivity contribution is -0.137. The van der Waals surface area contributed by atoms with Crippen LogP contribution >= 0.6 is 0 Å². The molecule has 2 N–H and O–H groups in total. The van der Waals surface area contributed by atoms with Crippen LogP contribution in [0.3, 0.4) is 0 Å². The van der Waals surface area contributed by atoms with E-state index in [0.29, 0.717) is 17.1 Å². The van der Waals surface area contributed by atoms with Crippen LogP contribution < -0.4 is 15.4 Å². The number of urea groups is 1. The van der Waals surface area contributed by atoms with Gasteiger partial charge in [-0.2, -0.15) is 13.2 Å². The number of fused-ring (bicyclic) bond motifs is 1. The number of halogens is 3. The van der Waals surface area contributed by atoms with Crippen LogP contribution in [-0.2, 0) is 12.7 Å². The van der Waals surface area contributed by atoms with Gasteiger partial charge in [-0.25, -0.2) is 4.79 Å². The molecule has 0 aliphatic carbocycles. The summed E-state index contributed by atoms with van der Waals surface area (Å²) in [6.45, 7) is 1.80. The quantitative estimate of drug-likeness (QED) is 0.310. The first-order valence-corrected chi connectivity index (χ1v) is 10.9.